The van der Waals surface area contributed by atoms with Crippen molar-refractivity contribution in [3.8, 4) is 0 Å². The minimum atomic E-state index is -4.56. The van der Waals surface area contributed by atoms with Crippen molar-refractivity contribution in [2.24, 2.45) is 0 Å². The van der Waals surface area contributed by atoms with Gasteiger partial charge in [0.05, 0.1) is 6.04 Å². The molecule has 1 aliphatic rings. The summed E-state index contributed by atoms with van der Waals surface area (Å²) in [5, 5.41) is 8.93. The van der Waals surface area contributed by atoms with E-state index >= 15 is 0 Å². The van der Waals surface area contributed by atoms with Gasteiger partial charge in [-0.1, -0.05) is 78.3 Å². The first kappa shape index (κ1) is 24.4. The molecule has 2 atom stereocenters. The molecular formula is C26H22ClF3N4OS. The number of aromatic nitrogens is 2. The molecule has 36 heavy (non-hydrogen) atoms. The molecule has 3 heterocycles. The molecule has 186 valence electrons. The van der Waals surface area contributed by atoms with Crippen molar-refractivity contribution in [3.63, 3.8) is 0 Å². The molecule has 2 aromatic heterocycles. The van der Waals surface area contributed by atoms with Crippen LogP contribution in [0.2, 0.25) is 5.02 Å². The van der Waals surface area contributed by atoms with Gasteiger partial charge in [-0.25, -0.2) is 4.68 Å². The van der Waals surface area contributed by atoms with Crippen molar-refractivity contribution in [2.45, 2.75) is 37.8 Å². The van der Waals surface area contributed by atoms with E-state index in [9.17, 15) is 18.0 Å². The summed E-state index contributed by atoms with van der Waals surface area (Å²) in [5.41, 5.74) is 1.56. The Morgan fingerprint density at radius 1 is 1.03 bits per heavy atom. The Kier molecular flexibility index (Phi) is 6.77. The maximum absolute atomic E-state index is 14.1. The van der Waals surface area contributed by atoms with Crippen LogP contribution in [0.4, 0.5) is 19.0 Å². The summed E-state index contributed by atoms with van der Waals surface area (Å²) in [6, 6.07) is 19.8. The molecule has 0 fully saturated rings. The van der Waals surface area contributed by atoms with Crippen LogP contribution in [0.5, 0.6) is 0 Å². The first-order valence-electron chi connectivity index (χ1n) is 11.3. The lowest BCUT2D eigenvalue weighted by atomic mass is 10.0. The molecule has 0 spiro atoms. The summed E-state index contributed by atoms with van der Waals surface area (Å²) >= 11 is 7.94. The van der Waals surface area contributed by atoms with E-state index in [0.29, 0.717) is 0 Å². The number of hydrogen-bond acceptors (Lipinski definition) is 4. The Morgan fingerprint density at radius 3 is 2.17 bits per heavy atom. The molecule has 5 rings (SSSR count). The van der Waals surface area contributed by atoms with Crippen LogP contribution in [-0.2, 0) is 13.1 Å². The smallest absolute Gasteiger partial charge is 0.361 e. The van der Waals surface area contributed by atoms with Gasteiger partial charge in [0.2, 0.25) is 0 Å². The highest BCUT2D eigenvalue weighted by molar-refractivity contribution is 7.10. The van der Waals surface area contributed by atoms with Crippen LogP contribution < -0.4 is 5.32 Å². The average Bonchev–Trinajstić information content (AvgIpc) is 3.52. The van der Waals surface area contributed by atoms with E-state index in [-0.39, 0.29) is 36.0 Å². The number of amides is 1. The van der Waals surface area contributed by atoms with Crippen molar-refractivity contribution in [1.29, 1.82) is 0 Å². The van der Waals surface area contributed by atoms with Gasteiger partial charge in [-0.3, -0.25) is 4.79 Å². The lowest BCUT2D eigenvalue weighted by Crippen LogP contribution is -2.35. The van der Waals surface area contributed by atoms with Crippen LogP contribution in [0, 0.1) is 0 Å². The SMILES string of the molecule is O=C(c1nn2c(c1Cl)N[C@@H](c1cccs1)C[C@H]2C(F)(F)F)N(Cc1ccccc1)Cc1ccccc1. The number of benzene rings is 2. The summed E-state index contributed by atoms with van der Waals surface area (Å²) in [5.74, 6) is -0.531. The summed E-state index contributed by atoms with van der Waals surface area (Å²) < 4.78 is 43.1. The molecule has 4 aromatic rings. The van der Waals surface area contributed by atoms with Crippen LogP contribution in [0.1, 0.15) is 45.0 Å². The quantitative estimate of drug-likeness (QED) is 0.289. The van der Waals surface area contributed by atoms with Crippen LogP contribution in [0.15, 0.2) is 78.2 Å². The number of nitrogens with one attached hydrogen (secondary N) is 1. The van der Waals surface area contributed by atoms with E-state index < -0.39 is 24.2 Å². The van der Waals surface area contributed by atoms with Gasteiger partial charge in [-0.2, -0.15) is 18.3 Å². The van der Waals surface area contributed by atoms with Gasteiger partial charge in [0.1, 0.15) is 10.8 Å². The third-order valence-corrected chi connectivity index (χ3v) is 7.45. The summed E-state index contributed by atoms with van der Waals surface area (Å²) in [7, 11) is 0. The topological polar surface area (TPSA) is 50.2 Å². The van der Waals surface area contributed by atoms with Gasteiger partial charge in [0, 0.05) is 24.4 Å². The number of alkyl halides is 3. The largest absolute Gasteiger partial charge is 0.410 e. The highest BCUT2D eigenvalue weighted by Crippen LogP contribution is 2.47. The summed E-state index contributed by atoms with van der Waals surface area (Å²) in [6.45, 7) is 0.502. The predicted octanol–water partition coefficient (Wildman–Crippen LogP) is 7.10. The number of anilines is 1. The normalized spacial score (nSPS) is 17.3. The van der Waals surface area contributed by atoms with E-state index in [1.165, 1.54) is 11.3 Å². The highest BCUT2D eigenvalue weighted by Gasteiger charge is 2.48. The van der Waals surface area contributed by atoms with E-state index in [2.05, 4.69) is 10.4 Å². The molecule has 0 radical (unpaired) electrons. The lowest BCUT2D eigenvalue weighted by Gasteiger charge is -2.32. The molecule has 2 aromatic carbocycles. The molecule has 0 saturated heterocycles. The van der Waals surface area contributed by atoms with E-state index in [4.69, 9.17) is 11.6 Å². The van der Waals surface area contributed by atoms with Gasteiger partial charge >= 0.3 is 6.18 Å². The second kappa shape index (κ2) is 9.99. The molecule has 1 N–H and O–H groups in total. The van der Waals surface area contributed by atoms with E-state index in [1.54, 1.807) is 17.0 Å². The minimum absolute atomic E-state index is 0.00589. The molecule has 5 nitrogen and oxygen atoms in total. The van der Waals surface area contributed by atoms with Crippen LogP contribution in [-0.4, -0.2) is 26.8 Å². The maximum Gasteiger partial charge on any atom is 0.410 e. The monoisotopic (exact) mass is 530 g/mol. The number of carbonyl (C=O) groups is 1. The van der Waals surface area contributed by atoms with E-state index in [0.717, 1.165) is 20.7 Å². The highest BCUT2D eigenvalue weighted by atomic mass is 35.5. The Morgan fingerprint density at radius 2 is 1.64 bits per heavy atom. The third kappa shape index (κ3) is 4.99. The number of carbonyl (C=O) groups excluding carboxylic acids is 1. The first-order valence-corrected chi connectivity index (χ1v) is 12.6. The Bertz CT molecular complexity index is 1290. The molecule has 10 heteroatoms. The van der Waals surface area contributed by atoms with Crippen molar-refractivity contribution in [2.75, 3.05) is 5.32 Å². The molecule has 0 saturated carbocycles. The van der Waals surface area contributed by atoms with Gasteiger partial charge in [-0.05, 0) is 22.6 Å². The molecule has 1 aliphatic heterocycles. The van der Waals surface area contributed by atoms with Gasteiger partial charge < -0.3 is 10.2 Å². The second-order valence-corrected chi connectivity index (χ2v) is 9.95. The molecule has 0 bridgehead atoms. The van der Waals surface area contributed by atoms with E-state index in [1.807, 2.05) is 66.0 Å². The number of hydrogen-bond donors (Lipinski definition) is 1. The zero-order valence-electron chi connectivity index (χ0n) is 19.0. The van der Waals surface area contributed by atoms with Crippen LogP contribution in [0.25, 0.3) is 0 Å². The van der Waals surface area contributed by atoms with Crippen molar-refractivity contribution in [3.05, 3.63) is 105 Å². The Hall–Kier alpha value is -3.30. The molecule has 0 unspecified atom stereocenters. The van der Waals surface area contributed by atoms with Crippen molar-refractivity contribution in [1.82, 2.24) is 14.7 Å². The zero-order valence-corrected chi connectivity index (χ0v) is 20.5. The molecule has 1 amide bonds. The molecular weight excluding hydrogens is 509 g/mol. The van der Waals surface area contributed by atoms with Crippen LogP contribution >= 0.6 is 22.9 Å². The Labute approximate surface area is 215 Å². The third-order valence-electron chi connectivity index (χ3n) is 6.10. The number of nitrogens with zero attached hydrogens (tertiary/aromatic N) is 3. The number of halogens is 4. The zero-order chi connectivity index (χ0) is 25.3. The summed E-state index contributed by atoms with van der Waals surface area (Å²) in [6.07, 6.45) is -4.81. The van der Waals surface area contributed by atoms with Crippen molar-refractivity contribution < 1.29 is 18.0 Å². The first-order chi connectivity index (χ1) is 17.3. The Balaban J connectivity index is 1.52. The summed E-state index contributed by atoms with van der Waals surface area (Å²) in [4.78, 5) is 16.0. The predicted molar refractivity (Wildman–Crippen MR) is 134 cm³/mol. The lowest BCUT2D eigenvalue weighted by molar-refractivity contribution is -0.173. The second-order valence-electron chi connectivity index (χ2n) is 8.59. The standard InChI is InChI=1S/C26H22ClF3N4OS/c27-22-23(25(35)33(15-17-8-3-1-4-9-17)16-18-10-5-2-6-11-18)32-34-21(26(28,29)30)14-19(31-24(22)34)20-12-7-13-36-20/h1-13,19,21,31H,14-16H2/t19-,21+/m1/s1. The van der Waals surface area contributed by atoms with Crippen molar-refractivity contribution >= 4 is 34.7 Å². The maximum atomic E-state index is 14.1. The van der Waals surface area contributed by atoms with Crippen LogP contribution in [0.3, 0.4) is 0 Å². The fourth-order valence-corrected chi connectivity index (χ4v) is 5.41. The fraction of sp³-hybridized carbons (Fsp3) is 0.231. The number of fused-ring (bicyclic) bond motifs is 1. The van der Waals surface area contributed by atoms with Gasteiger partial charge in [0.25, 0.3) is 5.91 Å². The fourth-order valence-electron chi connectivity index (χ4n) is 4.36. The number of rotatable bonds is 6. The van der Waals surface area contributed by atoms with Gasteiger partial charge in [-0.15, -0.1) is 11.3 Å². The number of thiophene rings is 1. The average molecular weight is 531 g/mol. The van der Waals surface area contributed by atoms with Gasteiger partial charge in [0.15, 0.2) is 11.7 Å². The molecule has 0 aliphatic carbocycles. The minimum Gasteiger partial charge on any atom is -0.361 e.